The molecule has 1 heterocycles. The Hall–Kier alpha value is -0.300. The van der Waals surface area contributed by atoms with Gasteiger partial charge in [0, 0.05) is 38.4 Å². The van der Waals surface area contributed by atoms with Crippen LogP contribution in [-0.4, -0.2) is 68.0 Å². The minimum atomic E-state index is -2.37. The summed E-state index contributed by atoms with van der Waals surface area (Å²) in [5.41, 5.74) is -0.0641. The number of nitrogens with zero attached hydrogens (tertiary/aromatic N) is 1. The van der Waals surface area contributed by atoms with E-state index >= 15 is 0 Å². The Bertz CT molecular complexity index is 290. The van der Waals surface area contributed by atoms with Gasteiger partial charge in [0.1, 0.15) is 0 Å². The Morgan fingerprint density at radius 3 is 2.38 bits per heavy atom. The molecular formula is C15H30F2N2O2. The van der Waals surface area contributed by atoms with Crippen LogP contribution in [0, 0.1) is 5.41 Å². The first-order chi connectivity index (χ1) is 9.76. The molecule has 1 aliphatic rings. The normalized spacial score (nSPS) is 19.4. The molecule has 21 heavy (non-hydrogen) atoms. The zero-order valence-electron chi connectivity index (χ0n) is 13.5. The van der Waals surface area contributed by atoms with Gasteiger partial charge in [0.05, 0.1) is 13.2 Å². The molecule has 2 N–H and O–H groups in total. The lowest BCUT2D eigenvalue weighted by Crippen LogP contribution is -2.52. The summed E-state index contributed by atoms with van der Waals surface area (Å²) in [6.45, 7) is 8.93. The van der Waals surface area contributed by atoms with Crippen LogP contribution in [0.5, 0.6) is 0 Å². The topological polar surface area (TPSA) is 44.7 Å². The summed E-state index contributed by atoms with van der Waals surface area (Å²) in [7, 11) is 0. The summed E-state index contributed by atoms with van der Waals surface area (Å²) in [6.07, 6.45) is -0.647. The van der Waals surface area contributed by atoms with E-state index in [2.05, 4.69) is 26.1 Å². The van der Waals surface area contributed by atoms with Crippen molar-refractivity contribution in [2.24, 2.45) is 5.41 Å². The lowest BCUT2D eigenvalue weighted by Gasteiger charge is -2.42. The average molecular weight is 308 g/mol. The average Bonchev–Trinajstić information content (AvgIpc) is 2.36. The number of hydrogen-bond donors (Lipinski definition) is 2. The second-order valence-electron chi connectivity index (χ2n) is 7.07. The van der Waals surface area contributed by atoms with Gasteiger partial charge in [-0.25, -0.2) is 8.78 Å². The van der Waals surface area contributed by atoms with Gasteiger partial charge in [-0.15, -0.1) is 0 Å². The number of halogens is 2. The van der Waals surface area contributed by atoms with Gasteiger partial charge in [-0.1, -0.05) is 0 Å². The lowest BCUT2D eigenvalue weighted by molar-refractivity contribution is -0.0196. The standard InChI is InChI=1S/C15H30F2N2O2/c1-14(2,3)18-11-15(4-8-21-9-5-15)12-19(6-7-20)10-13(16)17/h13,18,20H,4-12H2,1-3H3. The lowest BCUT2D eigenvalue weighted by atomic mass is 9.79. The molecule has 0 amide bonds. The molecule has 1 aliphatic heterocycles. The first-order valence-corrected chi connectivity index (χ1v) is 7.70. The molecule has 0 radical (unpaired) electrons. The largest absolute Gasteiger partial charge is 0.395 e. The Balaban J connectivity index is 2.70. The summed E-state index contributed by atoms with van der Waals surface area (Å²) in [5.74, 6) is 0. The zero-order valence-corrected chi connectivity index (χ0v) is 13.5. The van der Waals surface area contributed by atoms with Gasteiger partial charge >= 0.3 is 0 Å². The summed E-state index contributed by atoms with van der Waals surface area (Å²) < 4.78 is 30.8. The fraction of sp³-hybridized carbons (Fsp3) is 1.00. The molecule has 0 unspecified atom stereocenters. The molecule has 126 valence electrons. The molecule has 0 spiro atoms. The second-order valence-corrected chi connectivity index (χ2v) is 7.07. The first-order valence-electron chi connectivity index (χ1n) is 7.70. The number of aliphatic hydroxyl groups excluding tert-OH is 1. The predicted molar refractivity (Wildman–Crippen MR) is 79.8 cm³/mol. The Labute approximate surface area is 126 Å². The summed E-state index contributed by atoms with van der Waals surface area (Å²) in [6, 6.07) is 0. The fourth-order valence-corrected chi connectivity index (χ4v) is 2.69. The third-order valence-electron chi connectivity index (χ3n) is 3.92. The van der Waals surface area contributed by atoms with E-state index in [1.54, 1.807) is 4.90 Å². The molecule has 1 rings (SSSR count). The van der Waals surface area contributed by atoms with Crippen LogP contribution in [0.3, 0.4) is 0 Å². The van der Waals surface area contributed by atoms with Gasteiger partial charge < -0.3 is 15.2 Å². The van der Waals surface area contributed by atoms with Crippen molar-refractivity contribution in [2.75, 3.05) is 46.0 Å². The monoisotopic (exact) mass is 308 g/mol. The van der Waals surface area contributed by atoms with Crippen molar-refractivity contribution >= 4 is 0 Å². The van der Waals surface area contributed by atoms with Crippen LogP contribution in [0.1, 0.15) is 33.6 Å². The van der Waals surface area contributed by atoms with E-state index in [1.807, 2.05) is 0 Å². The summed E-state index contributed by atoms with van der Waals surface area (Å²) in [4.78, 5) is 1.68. The van der Waals surface area contributed by atoms with Crippen molar-refractivity contribution in [3.8, 4) is 0 Å². The maximum Gasteiger partial charge on any atom is 0.251 e. The maximum absolute atomic E-state index is 12.7. The molecule has 0 aromatic carbocycles. The molecular weight excluding hydrogens is 278 g/mol. The van der Waals surface area contributed by atoms with Crippen molar-refractivity contribution in [3.05, 3.63) is 0 Å². The molecule has 0 aromatic heterocycles. The molecule has 6 heteroatoms. The van der Waals surface area contributed by atoms with Crippen LogP contribution in [0.4, 0.5) is 8.78 Å². The van der Waals surface area contributed by atoms with Crippen molar-refractivity contribution in [3.63, 3.8) is 0 Å². The first kappa shape index (κ1) is 18.7. The molecule has 4 nitrogen and oxygen atoms in total. The maximum atomic E-state index is 12.7. The SMILES string of the molecule is CC(C)(C)NCC1(CN(CCO)CC(F)F)CCOCC1. The van der Waals surface area contributed by atoms with Gasteiger partial charge in [-0.2, -0.15) is 0 Å². The van der Waals surface area contributed by atoms with Crippen LogP contribution in [0.2, 0.25) is 0 Å². The molecule has 0 atom stereocenters. The van der Waals surface area contributed by atoms with E-state index in [0.29, 0.717) is 26.3 Å². The van der Waals surface area contributed by atoms with Gasteiger partial charge in [0.25, 0.3) is 6.43 Å². The van der Waals surface area contributed by atoms with Gasteiger partial charge in [0.15, 0.2) is 0 Å². The number of hydrogen-bond acceptors (Lipinski definition) is 4. The summed E-state index contributed by atoms with van der Waals surface area (Å²) >= 11 is 0. The molecule has 0 saturated carbocycles. The van der Waals surface area contributed by atoms with Gasteiger partial charge in [-0.05, 0) is 39.0 Å². The van der Waals surface area contributed by atoms with Crippen molar-refractivity contribution in [2.45, 2.75) is 45.6 Å². The van der Waals surface area contributed by atoms with Crippen LogP contribution < -0.4 is 5.32 Å². The third-order valence-corrected chi connectivity index (χ3v) is 3.92. The number of alkyl halides is 2. The molecule has 0 aromatic rings. The van der Waals surface area contributed by atoms with Gasteiger partial charge in [0.2, 0.25) is 0 Å². The minimum Gasteiger partial charge on any atom is -0.395 e. The third kappa shape index (κ3) is 7.49. The van der Waals surface area contributed by atoms with E-state index in [1.165, 1.54) is 0 Å². The zero-order chi connectivity index (χ0) is 15.9. The van der Waals surface area contributed by atoms with E-state index in [0.717, 1.165) is 19.4 Å². The number of rotatable bonds is 8. The van der Waals surface area contributed by atoms with Crippen molar-refractivity contribution < 1.29 is 18.6 Å². The summed E-state index contributed by atoms with van der Waals surface area (Å²) in [5, 5.41) is 12.6. The Morgan fingerprint density at radius 1 is 1.29 bits per heavy atom. The van der Waals surface area contributed by atoms with E-state index < -0.39 is 6.43 Å². The highest BCUT2D eigenvalue weighted by atomic mass is 19.3. The molecule has 0 aliphatic carbocycles. The number of ether oxygens (including phenoxy) is 1. The highest BCUT2D eigenvalue weighted by Crippen LogP contribution is 2.31. The van der Waals surface area contributed by atoms with Crippen molar-refractivity contribution in [1.82, 2.24) is 10.2 Å². The fourth-order valence-electron chi connectivity index (χ4n) is 2.69. The molecule has 1 saturated heterocycles. The second kappa shape index (κ2) is 8.36. The Kier molecular flexibility index (Phi) is 7.47. The van der Waals surface area contributed by atoms with Crippen LogP contribution in [0.25, 0.3) is 0 Å². The van der Waals surface area contributed by atoms with Crippen molar-refractivity contribution in [1.29, 1.82) is 0 Å². The molecule has 1 fully saturated rings. The van der Waals surface area contributed by atoms with Crippen LogP contribution in [-0.2, 0) is 4.74 Å². The van der Waals surface area contributed by atoms with Gasteiger partial charge in [-0.3, -0.25) is 4.90 Å². The number of nitrogens with one attached hydrogen (secondary N) is 1. The highest BCUT2D eigenvalue weighted by molar-refractivity contribution is 4.89. The Morgan fingerprint density at radius 2 is 1.90 bits per heavy atom. The highest BCUT2D eigenvalue weighted by Gasteiger charge is 2.35. The molecule has 0 bridgehead atoms. The predicted octanol–water partition coefficient (Wildman–Crippen LogP) is 1.73. The van der Waals surface area contributed by atoms with E-state index in [4.69, 9.17) is 9.84 Å². The van der Waals surface area contributed by atoms with Crippen LogP contribution in [0.15, 0.2) is 0 Å². The minimum absolute atomic E-state index is 0.00414. The number of aliphatic hydroxyl groups is 1. The smallest absolute Gasteiger partial charge is 0.251 e. The van der Waals surface area contributed by atoms with E-state index in [-0.39, 0.29) is 24.1 Å². The quantitative estimate of drug-likeness (QED) is 0.717. The van der Waals surface area contributed by atoms with E-state index in [9.17, 15) is 8.78 Å². The van der Waals surface area contributed by atoms with Crippen LogP contribution >= 0.6 is 0 Å².